The van der Waals surface area contributed by atoms with Gasteiger partial charge in [-0.05, 0) is 47.1 Å². The van der Waals surface area contributed by atoms with Crippen LogP contribution in [-0.2, 0) is 6.42 Å². The highest BCUT2D eigenvalue weighted by Crippen LogP contribution is 2.13. The predicted octanol–water partition coefficient (Wildman–Crippen LogP) is 2.57. The first kappa shape index (κ1) is 9.99. The minimum absolute atomic E-state index is 0.306. The zero-order chi connectivity index (χ0) is 8.97. The molecule has 1 nitrogen and oxygen atoms in total. The lowest BCUT2D eigenvalue weighted by Gasteiger charge is -2.09. The molecule has 0 radical (unpaired) electrons. The Labute approximate surface area is 87.5 Å². The van der Waals surface area contributed by atoms with Crippen LogP contribution < -0.4 is 5.73 Å². The maximum atomic E-state index is 5.87. The molecule has 1 aromatic carbocycles. The second-order valence-corrected chi connectivity index (χ2v) is 4.13. The Morgan fingerprint density at radius 1 is 1.42 bits per heavy atom. The Bertz CT molecular complexity index is 247. The molecule has 0 bridgehead atoms. The maximum Gasteiger partial charge on any atom is 0.0162 e. The smallest absolute Gasteiger partial charge is 0.0162 e. The molecule has 66 valence electrons. The van der Waals surface area contributed by atoms with Gasteiger partial charge in [0.15, 0.2) is 0 Å². The van der Waals surface area contributed by atoms with E-state index in [9.17, 15) is 0 Å². The van der Waals surface area contributed by atoms with E-state index in [1.807, 2.05) is 0 Å². The molecule has 2 heteroatoms. The van der Waals surface area contributed by atoms with Gasteiger partial charge in [-0.3, -0.25) is 0 Å². The summed E-state index contributed by atoms with van der Waals surface area (Å²) >= 11 is 2.35. The van der Waals surface area contributed by atoms with E-state index in [4.69, 9.17) is 5.73 Å². The van der Waals surface area contributed by atoms with Crippen LogP contribution in [0.1, 0.15) is 18.9 Å². The predicted molar refractivity (Wildman–Crippen MR) is 61.1 cm³/mol. The van der Waals surface area contributed by atoms with Gasteiger partial charge >= 0.3 is 0 Å². The van der Waals surface area contributed by atoms with Gasteiger partial charge < -0.3 is 5.73 Å². The van der Waals surface area contributed by atoms with Crippen LogP contribution in [0.2, 0.25) is 0 Å². The summed E-state index contributed by atoms with van der Waals surface area (Å²) in [6.45, 7) is 2.13. The van der Waals surface area contributed by atoms with Gasteiger partial charge in [0.2, 0.25) is 0 Å². The average molecular weight is 275 g/mol. The van der Waals surface area contributed by atoms with Gasteiger partial charge in [-0.25, -0.2) is 0 Å². The van der Waals surface area contributed by atoms with Crippen molar-refractivity contribution >= 4 is 22.6 Å². The number of hydrogen-bond donors (Lipinski definition) is 1. The first-order chi connectivity index (χ1) is 5.74. The van der Waals surface area contributed by atoms with Crippen LogP contribution >= 0.6 is 22.6 Å². The van der Waals surface area contributed by atoms with Gasteiger partial charge in [0, 0.05) is 9.61 Å². The Morgan fingerprint density at radius 2 is 2.08 bits per heavy atom. The SMILES string of the molecule is CCC(N)Cc1ccccc1I. The van der Waals surface area contributed by atoms with Crippen molar-refractivity contribution in [3.63, 3.8) is 0 Å². The van der Waals surface area contributed by atoms with E-state index in [1.165, 1.54) is 9.13 Å². The maximum absolute atomic E-state index is 5.87. The molecule has 1 atom stereocenters. The van der Waals surface area contributed by atoms with E-state index >= 15 is 0 Å². The Morgan fingerprint density at radius 3 is 2.67 bits per heavy atom. The fourth-order valence-electron chi connectivity index (χ4n) is 1.09. The third-order valence-electron chi connectivity index (χ3n) is 1.96. The lowest BCUT2D eigenvalue weighted by atomic mass is 10.1. The first-order valence-corrected chi connectivity index (χ1v) is 5.31. The summed E-state index contributed by atoms with van der Waals surface area (Å²) in [6, 6.07) is 8.71. The van der Waals surface area contributed by atoms with Crippen LogP contribution in [0.4, 0.5) is 0 Å². The molecule has 2 N–H and O–H groups in total. The highest BCUT2D eigenvalue weighted by atomic mass is 127. The van der Waals surface area contributed by atoms with E-state index in [-0.39, 0.29) is 0 Å². The molecule has 0 spiro atoms. The highest BCUT2D eigenvalue weighted by Gasteiger charge is 2.03. The lowest BCUT2D eigenvalue weighted by Crippen LogP contribution is -2.21. The number of hydrogen-bond acceptors (Lipinski definition) is 1. The molecule has 0 aliphatic heterocycles. The molecule has 0 amide bonds. The van der Waals surface area contributed by atoms with Crippen molar-refractivity contribution in [1.29, 1.82) is 0 Å². The summed E-state index contributed by atoms with van der Waals surface area (Å²) in [6.07, 6.45) is 2.04. The Kier molecular flexibility index (Phi) is 4.01. The quantitative estimate of drug-likeness (QED) is 0.843. The third-order valence-corrected chi connectivity index (χ3v) is 3.02. The number of nitrogens with two attached hydrogens (primary N) is 1. The van der Waals surface area contributed by atoms with Crippen LogP contribution in [0.5, 0.6) is 0 Å². The molecular formula is C10H14IN. The van der Waals surface area contributed by atoms with Crippen LogP contribution in [0.15, 0.2) is 24.3 Å². The second-order valence-electron chi connectivity index (χ2n) is 2.96. The molecular weight excluding hydrogens is 261 g/mol. The average Bonchev–Trinajstić information content (AvgIpc) is 2.09. The van der Waals surface area contributed by atoms with Crippen molar-refractivity contribution in [3.05, 3.63) is 33.4 Å². The van der Waals surface area contributed by atoms with Crippen LogP contribution in [0.3, 0.4) is 0 Å². The number of benzene rings is 1. The summed E-state index contributed by atoms with van der Waals surface area (Å²) in [7, 11) is 0. The molecule has 12 heavy (non-hydrogen) atoms. The van der Waals surface area contributed by atoms with E-state index in [0.717, 1.165) is 12.8 Å². The van der Waals surface area contributed by atoms with Gasteiger partial charge in [-0.1, -0.05) is 25.1 Å². The summed E-state index contributed by atoms with van der Waals surface area (Å²) in [4.78, 5) is 0. The molecule has 0 aromatic heterocycles. The molecule has 0 aliphatic carbocycles. The van der Waals surface area contributed by atoms with Crippen LogP contribution in [-0.4, -0.2) is 6.04 Å². The van der Waals surface area contributed by atoms with Gasteiger partial charge in [0.1, 0.15) is 0 Å². The minimum Gasteiger partial charge on any atom is -0.327 e. The van der Waals surface area contributed by atoms with Crippen molar-refractivity contribution in [2.75, 3.05) is 0 Å². The largest absolute Gasteiger partial charge is 0.327 e. The van der Waals surface area contributed by atoms with Crippen LogP contribution in [0, 0.1) is 3.57 Å². The zero-order valence-corrected chi connectivity index (χ0v) is 9.41. The molecule has 0 saturated heterocycles. The fourth-order valence-corrected chi connectivity index (χ4v) is 1.70. The summed E-state index contributed by atoms with van der Waals surface area (Å²) in [5, 5.41) is 0. The molecule has 1 rings (SSSR count). The lowest BCUT2D eigenvalue weighted by molar-refractivity contribution is 0.645. The Hall–Kier alpha value is -0.0900. The standard InChI is InChI=1S/C10H14IN/c1-2-9(12)7-8-5-3-4-6-10(8)11/h3-6,9H,2,7,12H2,1H3. The summed E-state index contributed by atoms with van der Waals surface area (Å²) in [5.41, 5.74) is 7.24. The molecule has 1 aromatic rings. The summed E-state index contributed by atoms with van der Waals surface area (Å²) in [5.74, 6) is 0. The number of halogens is 1. The number of rotatable bonds is 3. The van der Waals surface area contributed by atoms with E-state index in [1.54, 1.807) is 0 Å². The second kappa shape index (κ2) is 4.82. The topological polar surface area (TPSA) is 26.0 Å². The highest BCUT2D eigenvalue weighted by molar-refractivity contribution is 14.1. The Balaban J connectivity index is 2.69. The normalized spacial score (nSPS) is 12.9. The van der Waals surface area contributed by atoms with Crippen molar-refractivity contribution in [2.45, 2.75) is 25.8 Å². The van der Waals surface area contributed by atoms with Crippen molar-refractivity contribution in [1.82, 2.24) is 0 Å². The van der Waals surface area contributed by atoms with E-state index in [2.05, 4.69) is 53.8 Å². The van der Waals surface area contributed by atoms with Gasteiger partial charge in [0.05, 0.1) is 0 Å². The molecule has 1 unspecified atom stereocenters. The first-order valence-electron chi connectivity index (χ1n) is 4.23. The molecule has 0 fully saturated rings. The fraction of sp³-hybridized carbons (Fsp3) is 0.400. The van der Waals surface area contributed by atoms with Gasteiger partial charge in [-0.15, -0.1) is 0 Å². The van der Waals surface area contributed by atoms with Gasteiger partial charge in [-0.2, -0.15) is 0 Å². The van der Waals surface area contributed by atoms with Crippen molar-refractivity contribution in [3.8, 4) is 0 Å². The van der Waals surface area contributed by atoms with Gasteiger partial charge in [0.25, 0.3) is 0 Å². The van der Waals surface area contributed by atoms with E-state index in [0.29, 0.717) is 6.04 Å². The van der Waals surface area contributed by atoms with Crippen molar-refractivity contribution in [2.24, 2.45) is 5.73 Å². The van der Waals surface area contributed by atoms with E-state index < -0.39 is 0 Å². The summed E-state index contributed by atoms with van der Waals surface area (Å²) < 4.78 is 1.32. The van der Waals surface area contributed by atoms with Crippen molar-refractivity contribution < 1.29 is 0 Å². The zero-order valence-electron chi connectivity index (χ0n) is 7.26. The van der Waals surface area contributed by atoms with Crippen LogP contribution in [0.25, 0.3) is 0 Å². The molecule has 0 heterocycles. The third kappa shape index (κ3) is 2.75. The molecule has 0 saturated carbocycles. The molecule has 0 aliphatic rings. The monoisotopic (exact) mass is 275 g/mol. The minimum atomic E-state index is 0.306.